The highest BCUT2D eigenvalue weighted by atomic mass is 16.2. The average molecular weight is 253 g/mol. The number of nitrogens with two attached hydrogens (primary N) is 1. The molecule has 0 bridgehead atoms. The second-order valence-corrected chi connectivity index (χ2v) is 6.16. The number of hydrogen-bond donors (Lipinski definition) is 2. The Bertz CT molecular complexity index is 279. The van der Waals surface area contributed by atoms with Crippen LogP contribution in [0.1, 0.15) is 51.9 Å². The van der Waals surface area contributed by atoms with Crippen LogP contribution in [0.3, 0.4) is 0 Å². The molecule has 0 aromatic carbocycles. The molecular weight excluding hydrogens is 226 g/mol. The van der Waals surface area contributed by atoms with Gasteiger partial charge in [0.1, 0.15) is 0 Å². The van der Waals surface area contributed by atoms with Gasteiger partial charge in [0, 0.05) is 19.6 Å². The largest absolute Gasteiger partial charge is 0.329 e. The Balaban J connectivity index is 1.92. The van der Waals surface area contributed by atoms with E-state index in [1.807, 2.05) is 0 Å². The Hall–Kier alpha value is -0.610. The van der Waals surface area contributed by atoms with Gasteiger partial charge in [0.05, 0.1) is 5.41 Å². The lowest BCUT2D eigenvalue weighted by atomic mass is 9.70. The van der Waals surface area contributed by atoms with Gasteiger partial charge in [-0.3, -0.25) is 10.2 Å². The van der Waals surface area contributed by atoms with E-state index in [9.17, 15) is 4.79 Å². The van der Waals surface area contributed by atoms with Gasteiger partial charge in [-0.2, -0.15) is 0 Å². The van der Waals surface area contributed by atoms with Crippen molar-refractivity contribution in [3.8, 4) is 0 Å². The van der Waals surface area contributed by atoms with Crippen LogP contribution in [0, 0.1) is 11.3 Å². The van der Waals surface area contributed by atoms with Crippen molar-refractivity contribution in [1.29, 1.82) is 0 Å². The summed E-state index contributed by atoms with van der Waals surface area (Å²) in [5, 5.41) is 2.08. The molecule has 1 aliphatic carbocycles. The molecule has 18 heavy (non-hydrogen) atoms. The molecule has 1 aliphatic heterocycles. The molecule has 4 heteroatoms. The topological polar surface area (TPSA) is 58.4 Å². The predicted molar refractivity (Wildman–Crippen MR) is 72.7 cm³/mol. The fourth-order valence-electron chi connectivity index (χ4n) is 3.11. The first kappa shape index (κ1) is 13.8. The van der Waals surface area contributed by atoms with Crippen molar-refractivity contribution in [3.63, 3.8) is 0 Å². The Morgan fingerprint density at radius 3 is 2.44 bits per heavy atom. The minimum absolute atomic E-state index is 0.166. The number of carbonyl (C=O) groups is 1. The minimum Gasteiger partial charge on any atom is -0.329 e. The molecule has 1 heterocycles. The zero-order valence-electron chi connectivity index (χ0n) is 11.6. The Kier molecular flexibility index (Phi) is 4.62. The minimum atomic E-state index is -0.302. The van der Waals surface area contributed by atoms with Crippen molar-refractivity contribution in [3.05, 3.63) is 0 Å². The van der Waals surface area contributed by atoms with E-state index in [4.69, 9.17) is 5.73 Å². The smallest absolute Gasteiger partial charge is 0.241 e. The number of rotatable bonds is 3. The highest BCUT2D eigenvalue weighted by molar-refractivity contribution is 5.82. The summed E-state index contributed by atoms with van der Waals surface area (Å²) in [6.07, 6.45) is 7.82. The number of carbonyl (C=O) groups excluding carboxylic acids is 1. The Labute approximate surface area is 110 Å². The number of amides is 1. The second kappa shape index (κ2) is 6.02. The molecule has 1 saturated heterocycles. The Morgan fingerprint density at radius 1 is 1.28 bits per heavy atom. The number of hydrogen-bond acceptors (Lipinski definition) is 3. The van der Waals surface area contributed by atoms with E-state index in [0.29, 0.717) is 6.54 Å². The first-order valence-corrected chi connectivity index (χ1v) is 7.42. The van der Waals surface area contributed by atoms with Crippen LogP contribution in [0.2, 0.25) is 0 Å². The zero-order valence-corrected chi connectivity index (χ0v) is 11.6. The third-order valence-corrected chi connectivity index (χ3v) is 4.72. The van der Waals surface area contributed by atoms with Crippen LogP contribution < -0.4 is 11.2 Å². The SMILES string of the molecule is CC1CCC(CN)(C(=O)NN2CCCCC2)CC1. The highest BCUT2D eigenvalue weighted by Crippen LogP contribution is 2.38. The lowest BCUT2D eigenvalue weighted by molar-refractivity contribution is -0.138. The van der Waals surface area contributed by atoms with Crippen LogP contribution in [0.5, 0.6) is 0 Å². The molecule has 1 saturated carbocycles. The van der Waals surface area contributed by atoms with E-state index in [2.05, 4.69) is 17.4 Å². The molecule has 0 aromatic rings. The van der Waals surface area contributed by atoms with Crippen LogP contribution in [0.25, 0.3) is 0 Å². The summed E-state index contributed by atoms with van der Waals surface area (Å²) in [6.45, 7) is 4.73. The number of hydrazine groups is 1. The summed E-state index contributed by atoms with van der Waals surface area (Å²) in [5.41, 5.74) is 8.72. The molecule has 0 spiro atoms. The highest BCUT2D eigenvalue weighted by Gasteiger charge is 2.40. The van der Waals surface area contributed by atoms with Crippen LogP contribution in [0.4, 0.5) is 0 Å². The van der Waals surface area contributed by atoms with Crippen molar-refractivity contribution in [2.75, 3.05) is 19.6 Å². The normalized spacial score (nSPS) is 34.2. The molecular formula is C14H27N3O. The summed E-state index contributed by atoms with van der Waals surface area (Å²) < 4.78 is 0. The summed E-state index contributed by atoms with van der Waals surface area (Å²) >= 11 is 0. The van der Waals surface area contributed by atoms with Gasteiger partial charge in [0.15, 0.2) is 0 Å². The maximum Gasteiger partial charge on any atom is 0.241 e. The molecule has 4 nitrogen and oxygen atoms in total. The molecule has 0 radical (unpaired) electrons. The van der Waals surface area contributed by atoms with Crippen molar-refractivity contribution in [2.45, 2.75) is 51.9 Å². The van der Waals surface area contributed by atoms with E-state index in [0.717, 1.165) is 44.7 Å². The van der Waals surface area contributed by atoms with Crippen LogP contribution in [-0.2, 0) is 4.79 Å². The third kappa shape index (κ3) is 3.04. The van der Waals surface area contributed by atoms with Gasteiger partial charge < -0.3 is 5.73 Å². The predicted octanol–water partition coefficient (Wildman–Crippen LogP) is 1.66. The molecule has 1 amide bonds. The van der Waals surface area contributed by atoms with E-state index in [-0.39, 0.29) is 11.3 Å². The quantitative estimate of drug-likeness (QED) is 0.804. The second-order valence-electron chi connectivity index (χ2n) is 6.16. The Morgan fingerprint density at radius 2 is 1.89 bits per heavy atom. The molecule has 0 atom stereocenters. The number of piperidine rings is 1. The molecule has 104 valence electrons. The van der Waals surface area contributed by atoms with Gasteiger partial charge in [-0.1, -0.05) is 13.3 Å². The van der Waals surface area contributed by atoms with Crippen molar-refractivity contribution < 1.29 is 4.79 Å². The average Bonchev–Trinajstić information content (AvgIpc) is 2.41. The molecule has 2 fully saturated rings. The van der Waals surface area contributed by atoms with Gasteiger partial charge in [-0.25, -0.2) is 5.01 Å². The van der Waals surface area contributed by atoms with E-state index in [1.165, 1.54) is 19.3 Å². The van der Waals surface area contributed by atoms with E-state index in [1.54, 1.807) is 0 Å². The first-order valence-electron chi connectivity index (χ1n) is 7.42. The van der Waals surface area contributed by atoms with Gasteiger partial charge in [0.25, 0.3) is 0 Å². The standard InChI is InChI=1S/C14H27N3O/c1-12-5-7-14(11-15,8-6-12)13(18)16-17-9-3-2-4-10-17/h12H,2-11,15H2,1H3,(H,16,18). The van der Waals surface area contributed by atoms with E-state index >= 15 is 0 Å². The van der Waals surface area contributed by atoms with Crippen LogP contribution >= 0.6 is 0 Å². The summed E-state index contributed by atoms with van der Waals surface area (Å²) in [5.74, 6) is 0.909. The van der Waals surface area contributed by atoms with Gasteiger partial charge in [0.2, 0.25) is 5.91 Å². The molecule has 3 N–H and O–H groups in total. The van der Waals surface area contributed by atoms with Gasteiger partial charge in [-0.05, 0) is 44.4 Å². The lowest BCUT2D eigenvalue weighted by Crippen LogP contribution is -2.54. The van der Waals surface area contributed by atoms with Crippen molar-refractivity contribution in [1.82, 2.24) is 10.4 Å². The van der Waals surface area contributed by atoms with E-state index < -0.39 is 0 Å². The number of nitrogens with one attached hydrogen (secondary N) is 1. The number of nitrogens with zero attached hydrogens (tertiary/aromatic N) is 1. The third-order valence-electron chi connectivity index (χ3n) is 4.72. The summed E-state index contributed by atoms with van der Waals surface area (Å²) in [7, 11) is 0. The monoisotopic (exact) mass is 253 g/mol. The molecule has 0 unspecified atom stereocenters. The zero-order chi connectivity index (χ0) is 13.0. The molecule has 2 aliphatic rings. The van der Waals surface area contributed by atoms with Crippen molar-refractivity contribution >= 4 is 5.91 Å². The first-order chi connectivity index (χ1) is 8.66. The van der Waals surface area contributed by atoms with Crippen LogP contribution in [-0.4, -0.2) is 30.6 Å². The lowest BCUT2D eigenvalue weighted by Gasteiger charge is -2.39. The summed E-state index contributed by atoms with van der Waals surface area (Å²) in [4.78, 5) is 12.5. The molecule has 2 rings (SSSR count). The van der Waals surface area contributed by atoms with Crippen molar-refractivity contribution in [2.24, 2.45) is 17.1 Å². The maximum atomic E-state index is 12.5. The van der Waals surface area contributed by atoms with Gasteiger partial charge >= 0.3 is 0 Å². The molecule has 0 aromatic heterocycles. The fourth-order valence-corrected chi connectivity index (χ4v) is 3.11. The van der Waals surface area contributed by atoms with Gasteiger partial charge in [-0.15, -0.1) is 0 Å². The maximum absolute atomic E-state index is 12.5. The fraction of sp³-hybridized carbons (Fsp3) is 0.929. The summed E-state index contributed by atoms with van der Waals surface area (Å²) in [6, 6.07) is 0. The van der Waals surface area contributed by atoms with Crippen LogP contribution in [0.15, 0.2) is 0 Å².